The second-order valence-corrected chi connectivity index (χ2v) is 20.7. The van der Waals surface area contributed by atoms with Gasteiger partial charge in [-0.05, 0) is 64.2 Å². The molecule has 0 aliphatic carbocycles. The van der Waals surface area contributed by atoms with Gasteiger partial charge in [-0.1, -0.05) is 281 Å². The van der Waals surface area contributed by atoms with Crippen LogP contribution in [0.1, 0.15) is 322 Å². The third-order valence-electron chi connectivity index (χ3n) is 13.9. The van der Waals surface area contributed by atoms with Crippen molar-refractivity contribution in [2.24, 2.45) is 0 Å². The average Bonchev–Trinajstić information content (AvgIpc) is 3.34. The second kappa shape index (κ2) is 57.7. The number of rotatable bonds is 56. The minimum atomic E-state index is -0.861. The first-order valence-corrected chi connectivity index (χ1v) is 30.3. The summed E-state index contributed by atoms with van der Waals surface area (Å²) >= 11 is 0. The number of carbonyl (C=O) groups is 2. The van der Waals surface area contributed by atoms with E-state index in [1.807, 2.05) is 6.08 Å². The molecule has 0 bridgehead atoms. The summed E-state index contributed by atoms with van der Waals surface area (Å²) in [7, 11) is 0. The number of unbranched alkanes of at least 4 members (excludes halogenated alkanes) is 41. The van der Waals surface area contributed by atoms with E-state index in [4.69, 9.17) is 4.74 Å². The first-order valence-electron chi connectivity index (χ1n) is 30.3. The van der Waals surface area contributed by atoms with Crippen molar-refractivity contribution in [3.05, 3.63) is 36.5 Å². The highest BCUT2D eigenvalue weighted by molar-refractivity contribution is 5.76. The zero-order valence-corrected chi connectivity index (χ0v) is 45.6. The number of aliphatic hydroxyl groups is 2. The zero-order chi connectivity index (χ0) is 49.3. The lowest BCUT2D eigenvalue weighted by atomic mass is 10.0. The Morgan fingerprint density at radius 2 is 0.735 bits per heavy atom. The van der Waals surface area contributed by atoms with Gasteiger partial charge in [0.15, 0.2) is 0 Å². The fraction of sp³-hybridized carbons (Fsp3) is 0.871. The first kappa shape index (κ1) is 66.1. The van der Waals surface area contributed by atoms with Crippen molar-refractivity contribution in [2.45, 2.75) is 334 Å². The lowest BCUT2D eigenvalue weighted by Gasteiger charge is -2.20. The highest BCUT2D eigenvalue weighted by atomic mass is 16.5. The predicted octanol–water partition coefficient (Wildman–Crippen LogP) is 18.8. The lowest BCUT2D eigenvalue weighted by molar-refractivity contribution is -0.143. The molecule has 3 N–H and O–H groups in total. The van der Waals surface area contributed by atoms with Crippen LogP contribution in [0.25, 0.3) is 0 Å². The topological polar surface area (TPSA) is 95.9 Å². The second-order valence-electron chi connectivity index (χ2n) is 20.7. The van der Waals surface area contributed by atoms with Crippen LogP contribution in [0.15, 0.2) is 36.5 Å². The predicted molar refractivity (Wildman–Crippen MR) is 296 cm³/mol. The Hall–Kier alpha value is -1.92. The maximum Gasteiger partial charge on any atom is 0.305 e. The van der Waals surface area contributed by atoms with E-state index in [1.54, 1.807) is 6.08 Å². The molecule has 6 heteroatoms. The summed E-state index contributed by atoms with van der Waals surface area (Å²) in [5, 5.41) is 23.2. The average molecular weight is 957 g/mol. The third-order valence-corrected chi connectivity index (χ3v) is 13.9. The van der Waals surface area contributed by atoms with Crippen LogP contribution in [-0.2, 0) is 14.3 Å². The SMILES string of the molecule is CCCCC/C=C\C/C=C\CCCCCCCCCC(=O)OCCCCCCCCCCCCC(=O)NC(CO)C(O)/C=C/CCCCCCCCCCCCCCCCCCCCCCCC. The van der Waals surface area contributed by atoms with Crippen LogP contribution >= 0.6 is 0 Å². The number of carbonyl (C=O) groups excluding carboxylic acids is 2. The van der Waals surface area contributed by atoms with Crippen molar-refractivity contribution in [1.82, 2.24) is 5.32 Å². The molecule has 2 atom stereocenters. The van der Waals surface area contributed by atoms with Crippen molar-refractivity contribution in [1.29, 1.82) is 0 Å². The van der Waals surface area contributed by atoms with E-state index in [-0.39, 0.29) is 18.5 Å². The Morgan fingerprint density at radius 1 is 0.412 bits per heavy atom. The van der Waals surface area contributed by atoms with Crippen LogP contribution in [0.2, 0.25) is 0 Å². The minimum absolute atomic E-state index is 0.0280. The van der Waals surface area contributed by atoms with Gasteiger partial charge in [-0.25, -0.2) is 0 Å². The van der Waals surface area contributed by atoms with Gasteiger partial charge in [0.25, 0.3) is 0 Å². The molecule has 0 aliphatic heterocycles. The Labute approximate surface area is 424 Å². The number of nitrogens with one attached hydrogen (secondary N) is 1. The van der Waals surface area contributed by atoms with Gasteiger partial charge >= 0.3 is 5.97 Å². The molecule has 68 heavy (non-hydrogen) atoms. The summed E-state index contributed by atoms with van der Waals surface area (Å²) < 4.78 is 5.47. The molecule has 1 amide bonds. The summed E-state index contributed by atoms with van der Waals surface area (Å²) in [6.45, 7) is 4.84. The molecule has 6 nitrogen and oxygen atoms in total. The molecular weight excluding hydrogens is 839 g/mol. The summed E-state index contributed by atoms with van der Waals surface area (Å²) in [6, 6.07) is -0.647. The molecule has 0 saturated carbocycles. The van der Waals surface area contributed by atoms with Crippen LogP contribution in [0.4, 0.5) is 0 Å². The highest BCUT2D eigenvalue weighted by Gasteiger charge is 2.18. The Bertz CT molecular complexity index is 1100. The zero-order valence-electron chi connectivity index (χ0n) is 45.6. The van der Waals surface area contributed by atoms with Crippen LogP contribution in [0, 0.1) is 0 Å². The van der Waals surface area contributed by atoms with Gasteiger partial charge < -0.3 is 20.3 Å². The van der Waals surface area contributed by atoms with Crippen molar-refractivity contribution < 1.29 is 24.5 Å². The molecule has 0 aliphatic rings. The van der Waals surface area contributed by atoms with Crippen molar-refractivity contribution in [3.8, 4) is 0 Å². The standard InChI is InChI=1S/C62H117NO5/c1-3-5-7-9-11-13-15-17-19-21-22-23-24-25-26-27-29-30-32-34-38-42-46-50-54-60(65)59(58-64)63-61(66)55-51-47-43-39-36-37-41-45-49-53-57-68-62(67)56-52-48-44-40-35-33-31-28-20-18-16-14-12-10-8-6-4-2/h12,14,18,20,50,54,59-60,64-65H,3-11,13,15-17,19,21-49,51-53,55-58H2,1-2H3,(H,63,66)/b14-12-,20-18-,54-50+. The van der Waals surface area contributed by atoms with E-state index in [2.05, 4.69) is 43.5 Å². The van der Waals surface area contributed by atoms with Crippen molar-refractivity contribution >= 4 is 11.9 Å². The minimum Gasteiger partial charge on any atom is -0.466 e. The van der Waals surface area contributed by atoms with E-state index < -0.39 is 12.1 Å². The molecule has 0 aromatic rings. The highest BCUT2D eigenvalue weighted by Crippen LogP contribution is 2.17. The van der Waals surface area contributed by atoms with Crippen molar-refractivity contribution in [2.75, 3.05) is 13.2 Å². The van der Waals surface area contributed by atoms with Crippen LogP contribution in [0.5, 0.6) is 0 Å². The molecular formula is C62H117NO5. The van der Waals surface area contributed by atoms with Gasteiger partial charge in [-0.2, -0.15) is 0 Å². The molecule has 0 aromatic heterocycles. The fourth-order valence-electron chi connectivity index (χ4n) is 9.25. The van der Waals surface area contributed by atoms with Crippen LogP contribution < -0.4 is 5.32 Å². The first-order chi connectivity index (χ1) is 33.5. The summed E-state index contributed by atoms with van der Waals surface area (Å²) in [5.41, 5.74) is 0. The number of hydrogen-bond donors (Lipinski definition) is 3. The van der Waals surface area contributed by atoms with Crippen LogP contribution in [-0.4, -0.2) is 47.4 Å². The van der Waals surface area contributed by atoms with Crippen LogP contribution in [0.3, 0.4) is 0 Å². The quantitative estimate of drug-likeness (QED) is 0.0321. The van der Waals surface area contributed by atoms with E-state index in [0.717, 1.165) is 64.2 Å². The number of aliphatic hydroxyl groups excluding tert-OH is 2. The maximum atomic E-state index is 12.5. The lowest BCUT2D eigenvalue weighted by Crippen LogP contribution is -2.45. The maximum absolute atomic E-state index is 12.5. The van der Waals surface area contributed by atoms with Gasteiger partial charge in [0.05, 0.1) is 25.4 Å². The molecule has 2 unspecified atom stereocenters. The third kappa shape index (κ3) is 53.4. The molecule has 0 heterocycles. The largest absolute Gasteiger partial charge is 0.466 e. The number of esters is 1. The summed E-state index contributed by atoms with van der Waals surface area (Å²) in [4.78, 5) is 24.6. The molecule has 0 rings (SSSR count). The molecule has 0 spiro atoms. The summed E-state index contributed by atoms with van der Waals surface area (Å²) in [5.74, 6) is -0.117. The van der Waals surface area contributed by atoms with E-state index in [0.29, 0.717) is 19.4 Å². The normalized spacial score (nSPS) is 12.8. The van der Waals surface area contributed by atoms with Gasteiger partial charge in [0.2, 0.25) is 5.91 Å². The summed E-state index contributed by atoms with van der Waals surface area (Å²) in [6.07, 6.45) is 71.7. The monoisotopic (exact) mass is 956 g/mol. The van der Waals surface area contributed by atoms with Crippen molar-refractivity contribution in [3.63, 3.8) is 0 Å². The molecule has 0 saturated heterocycles. The Kier molecular flexibility index (Phi) is 56.0. The Balaban J connectivity index is 3.50. The van der Waals surface area contributed by atoms with Gasteiger partial charge in [-0.3, -0.25) is 9.59 Å². The number of allylic oxidation sites excluding steroid dienone is 5. The van der Waals surface area contributed by atoms with Gasteiger partial charge in [-0.15, -0.1) is 0 Å². The molecule has 0 aromatic carbocycles. The molecule has 0 radical (unpaired) electrons. The Morgan fingerprint density at radius 3 is 1.15 bits per heavy atom. The van der Waals surface area contributed by atoms with Gasteiger partial charge in [0, 0.05) is 12.8 Å². The number of ether oxygens (including phenoxy) is 1. The van der Waals surface area contributed by atoms with E-state index >= 15 is 0 Å². The molecule has 0 fully saturated rings. The number of hydrogen-bond acceptors (Lipinski definition) is 5. The van der Waals surface area contributed by atoms with Gasteiger partial charge in [0.1, 0.15) is 0 Å². The van der Waals surface area contributed by atoms with E-state index in [1.165, 1.54) is 231 Å². The number of amides is 1. The van der Waals surface area contributed by atoms with E-state index in [9.17, 15) is 19.8 Å². The smallest absolute Gasteiger partial charge is 0.305 e. The molecule has 400 valence electrons. The fourth-order valence-corrected chi connectivity index (χ4v) is 9.25.